The predicted molar refractivity (Wildman–Crippen MR) is 115 cm³/mol. The molecule has 0 bridgehead atoms. The van der Waals surface area contributed by atoms with Gasteiger partial charge in [-0.25, -0.2) is 4.68 Å². The molecule has 2 amide bonds. The average Bonchev–Trinajstić information content (AvgIpc) is 3.32. The number of carbonyl (C=O) groups is 2. The first-order valence-electron chi connectivity index (χ1n) is 9.45. The Morgan fingerprint density at radius 1 is 1.03 bits per heavy atom. The zero-order valence-electron chi connectivity index (χ0n) is 16.3. The number of thioether (sulfide) groups is 1. The van der Waals surface area contributed by atoms with E-state index in [-0.39, 0.29) is 6.04 Å². The summed E-state index contributed by atoms with van der Waals surface area (Å²) >= 11 is 1.75. The molecule has 1 aliphatic heterocycles. The second-order valence-corrected chi connectivity index (χ2v) is 8.06. The highest BCUT2D eigenvalue weighted by Crippen LogP contribution is 2.36. The number of carbonyl (C=O) groups excluding carboxylic acids is 2. The number of hydrogen-bond acceptors (Lipinski definition) is 4. The van der Waals surface area contributed by atoms with Gasteiger partial charge in [0.15, 0.2) is 0 Å². The summed E-state index contributed by atoms with van der Waals surface area (Å²) in [4.78, 5) is 25.1. The molecule has 1 aromatic heterocycles. The third-order valence-corrected chi connectivity index (χ3v) is 5.89. The first-order chi connectivity index (χ1) is 14.0. The van der Waals surface area contributed by atoms with Crippen LogP contribution in [0.1, 0.15) is 35.3 Å². The molecule has 148 valence electrons. The van der Waals surface area contributed by atoms with Crippen molar-refractivity contribution in [3.05, 3.63) is 77.0 Å². The normalized spacial score (nSPS) is 13.6. The van der Waals surface area contributed by atoms with Crippen molar-refractivity contribution in [3.8, 4) is 5.69 Å². The van der Waals surface area contributed by atoms with Gasteiger partial charge in [0.25, 0.3) is 0 Å². The number of aromatic nitrogens is 2. The van der Waals surface area contributed by atoms with Crippen LogP contribution in [0.3, 0.4) is 0 Å². The summed E-state index contributed by atoms with van der Waals surface area (Å²) in [5.41, 5.74) is 4.86. The Hall–Kier alpha value is -3.06. The largest absolute Gasteiger partial charge is 0.341 e. The second kappa shape index (κ2) is 8.13. The molecule has 0 fully saturated rings. The van der Waals surface area contributed by atoms with E-state index in [0.717, 1.165) is 39.6 Å². The molecule has 1 atom stereocenters. The van der Waals surface area contributed by atoms with Gasteiger partial charge in [-0.2, -0.15) is 16.9 Å². The summed E-state index contributed by atoms with van der Waals surface area (Å²) in [5, 5.41) is 10.2. The zero-order valence-corrected chi connectivity index (χ0v) is 17.1. The topological polar surface area (TPSA) is 76.0 Å². The number of fused-ring (bicyclic) bond motifs is 1. The molecule has 7 heteroatoms. The first kappa shape index (κ1) is 19.3. The minimum Gasteiger partial charge on any atom is -0.341 e. The molecule has 0 saturated heterocycles. The molecule has 0 unspecified atom stereocenters. The van der Waals surface area contributed by atoms with Crippen LogP contribution in [-0.4, -0.2) is 21.6 Å². The van der Waals surface area contributed by atoms with E-state index in [2.05, 4.69) is 15.7 Å². The molecule has 0 saturated carbocycles. The number of nitrogens with zero attached hydrogens (tertiary/aromatic N) is 2. The van der Waals surface area contributed by atoms with Crippen molar-refractivity contribution in [3.63, 3.8) is 0 Å². The van der Waals surface area contributed by atoms with E-state index in [4.69, 9.17) is 0 Å². The van der Waals surface area contributed by atoms with Crippen molar-refractivity contribution in [2.75, 3.05) is 5.32 Å². The highest BCUT2D eigenvalue weighted by atomic mass is 32.2. The minimum absolute atomic E-state index is 0.266. The summed E-state index contributed by atoms with van der Waals surface area (Å²) < 4.78 is 1.72. The van der Waals surface area contributed by atoms with E-state index >= 15 is 0 Å². The van der Waals surface area contributed by atoms with Gasteiger partial charge < -0.3 is 10.6 Å². The van der Waals surface area contributed by atoms with Gasteiger partial charge in [0.2, 0.25) is 0 Å². The average molecular weight is 407 g/mol. The van der Waals surface area contributed by atoms with E-state index < -0.39 is 11.8 Å². The van der Waals surface area contributed by atoms with Gasteiger partial charge in [-0.3, -0.25) is 9.59 Å². The van der Waals surface area contributed by atoms with Gasteiger partial charge in [-0.1, -0.05) is 48.0 Å². The Morgan fingerprint density at radius 3 is 2.48 bits per heavy atom. The number of aryl methyl sites for hydroxylation is 1. The zero-order chi connectivity index (χ0) is 20.4. The van der Waals surface area contributed by atoms with Crippen molar-refractivity contribution in [2.24, 2.45) is 0 Å². The summed E-state index contributed by atoms with van der Waals surface area (Å²) in [5.74, 6) is 0.771. The quantitative estimate of drug-likeness (QED) is 0.647. The van der Waals surface area contributed by atoms with E-state index in [1.165, 1.54) is 0 Å². The van der Waals surface area contributed by atoms with Gasteiger partial charge in [0.05, 0.1) is 17.4 Å². The van der Waals surface area contributed by atoms with Gasteiger partial charge >= 0.3 is 11.8 Å². The number of nitrogens with one attached hydrogen (secondary N) is 2. The standard InChI is InChI=1S/C22H22N4O2S/c1-14-8-10-17(11-9-14)26-20(18-12-29-13-19(18)25-26)24-22(28)21(27)23-15(2)16-6-4-3-5-7-16/h3-11,15H,12-13H2,1-2H3,(H,23,27)(H,24,28)/t15-/m1/s1. The Morgan fingerprint density at radius 2 is 1.76 bits per heavy atom. The van der Waals surface area contributed by atoms with E-state index in [0.29, 0.717) is 5.82 Å². The molecule has 0 radical (unpaired) electrons. The lowest BCUT2D eigenvalue weighted by molar-refractivity contribution is -0.136. The lowest BCUT2D eigenvalue weighted by Crippen LogP contribution is -2.37. The van der Waals surface area contributed by atoms with Crippen molar-refractivity contribution in [1.29, 1.82) is 0 Å². The molecule has 6 nitrogen and oxygen atoms in total. The smallest absolute Gasteiger partial charge is 0.314 e. The van der Waals surface area contributed by atoms with Crippen LogP contribution in [0.4, 0.5) is 5.82 Å². The Balaban J connectivity index is 1.55. The molecule has 2 N–H and O–H groups in total. The van der Waals surface area contributed by atoms with Crippen LogP contribution in [0.25, 0.3) is 5.69 Å². The minimum atomic E-state index is -0.694. The molecule has 2 aromatic carbocycles. The van der Waals surface area contributed by atoms with Crippen molar-refractivity contribution in [1.82, 2.24) is 15.1 Å². The monoisotopic (exact) mass is 406 g/mol. The van der Waals surface area contributed by atoms with Crippen LogP contribution < -0.4 is 10.6 Å². The van der Waals surface area contributed by atoms with Crippen molar-refractivity contribution < 1.29 is 9.59 Å². The van der Waals surface area contributed by atoms with E-state index in [1.807, 2.05) is 68.4 Å². The third kappa shape index (κ3) is 4.05. The molecular weight excluding hydrogens is 384 g/mol. The number of hydrogen-bond donors (Lipinski definition) is 2. The molecule has 2 heterocycles. The maximum Gasteiger partial charge on any atom is 0.314 e. The number of benzene rings is 2. The fourth-order valence-corrected chi connectivity index (χ4v) is 4.30. The summed E-state index contributed by atoms with van der Waals surface area (Å²) in [6, 6.07) is 17.2. The summed E-state index contributed by atoms with van der Waals surface area (Å²) in [6.07, 6.45) is 0. The van der Waals surface area contributed by atoms with Crippen molar-refractivity contribution >= 4 is 29.4 Å². The Labute approximate surface area is 173 Å². The number of rotatable bonds is 4. The Bertz CT molecular complexity index is 1040. The fourth-order valence-electron chi connectivity index (χ4n) is 3.27. The van der Waals surface area contributed by atoms with Crippen LogP contribution in [0.15, 0.2) is 54.6 Å². The lowest BCUT2D eigenvalue weighted by Gasteiger charge is -2.15. The van der Waals surface area contributed by atoms with E-state index in [1.54, 1.807) is 16.4 Å². The van der Waals surface area contributed by atoms with Crippen LogP contribution >= 0.6 is 11.8 Å². The summed E-state index contributed by atoms with van der Waals surface area (Å²) in [6.45, 7) is 3.87. The fraction of sp³-hybridized carbons (Fsp3) is 0.227. The molecule has 0 spiro atoms. The van der Waals surface area contributed by atoms with Gasteiger partial charge in [0, 0.05) is 17.1 Å². The van der Waals surface area contributed by atoms with Crippen LogP contribution in [0.5, 0.6) is 0 Å². The maximum atomic E-state index is 12.6. The highest BCUT2D eigenvalue weighted by Gasteiger charge is 2.27. The SMILES string of the molecule is Cc1ccc(-n2nc3c(c2NC(=O)C(=O)N[C@H](C)c2ccccc2)CSC3)cc1. The molecule has 29 heavy (non-hydrogen) atoms. The number of anilines is 1. The van der Waals surface area contributed by atoms with Crippen molar-refractivity contribution in [2.45, 2.75) is 31.4 Å². The van der Waals surface area contributed by atoms with Gasteiger partial charge in [-0.05, 0) is 31.5 Å². The Kier molecular flexibility index (Phi) is 5.40. The molecule has 4 rings (SSSR count). The van der Waals surface area contributed by atoms with Crippen LogP contribution in [-0.2, 0) is 21.1 Å². The highest BCUT2D eigenvalue weighted by molar-refractivity contribution is 7.98. The molecule has 0 aliphatic carbocycles. The lowest BCUT2D eigenvalue weighted by atomic mass is 10.1. The first-order valence-corrected chi connectivity index (χ1v) is 10.6. The molecular formula is C22H22N4O2S. The predicted octanol–water partition coefficient (Wildman–Crippen LogP) is 3.74. The third-order valence-electron chi connectivity index (χ3n) is 4.92. The summed E-state index contributed by atoms with van der Waals surface area (Å²) in [7, 11) is 0. The molecule has 3 aromatic rings. The van der Waals surface area contributed by atoms with Crippen LogP contribution in [0, 0.1) is 6.92 Å². The van der Waals surface area contributed by atoms with Gasteiger partial charge in [0.1, 0.15) is 5.82 Å². The maximum absolute atomic E-state index is 12.6. The number of amides is 2. The van der Waals surface area contributed by atoms with Gasteiger partial charge in [-0.15, -0.1) is 0 Å². The van der Waals surface area contributed by atoms with Crippen LogP contribution in [0.2, 0.25) is 0 Å². The van der Waals surface area contributed by atoms with E-state index in [9.17, 15) is 9.59 Å². The molecule has 1 aliphatic rings. The second-order valence-electron chi connectivity index (χ2n) is 7.07.